The van der Waals surface area contributed by atoms with E-state index in [1.165, 1.54) is 11.4 Å². The highest BCUT2D eigenvalue weighted by molar-refractivity contribution is 5.78. The third-order valence-corrected chi connectivity index (χ3v) is 5.10. The highest BCUT2D eigenvalue weighted by Gasteiger charge is 2.23. The van der Waals surface area contributed by atoms with Crippen molar-refractivity contribution in [1.29, 1.82) is 0 Å². The minimum Gasteiger partial charge on any atom is -0.345 e. The van der Waals surface area contributed by atoms with Crippen molar-refractivity contribution in [1.82, 2.24) is 14.6 Å². The van der Waals surface area contributed by atoms with Crippen LogP contribution in [0.2, 0.25) is 0 Å². The van der Waals surface area contributed by atoms with Gasteiger partial charge in [0.25, 0.3) is 0 Å². The van der Waals surface area contributed by atoms with Crippen LogP contribution >= 0.6 is 0 Å². The summed E-state index contributed by atoms with van der Waals surface area (Å²) in [5, 5.41) is 4.70. The van der Waals surface area contributed by atoms with E-state index in [1.807, 2.05) is 16.8 Å². The van der Waals surface area contributed by atoms with Crippen LogP contribution in [0.4, 0.5) is 5.82 Å². The second kappa shape index (κ2) is 5.91. The molecule has 1 aliphatic rings. The van der Waals surface area contributed by atoms with Crippen LogP contribution < -0.4 is 9.80 Å². The molecule has 0 radical (unpaired) electrons. The van der Waals surface area contributed by atoms with Gasteiger partial charge < -0.3 is 9.80 Å². The first-order valence-corrected chi connectivity index (χ1v) is 8.62. The summed E-state index contributed by atoms with van der Waals surface area (Å²) < 4.78 is 2.03. The summed E-state index contributed by atoms with van der Waals surface area (Å²) in [5.41, 5.74) is 5.52. The van der Waals surface area contributed by atoms with Crippen molar-refractivity contribution in [3.05, 3.63) is 47.8 Å². The van der Waals surface area contributed by atoms with E-state index in [0.29, 0.717) is 0 Å². The lowest BCUT2D eigenvalue weighted by Gasteiger charge is -2.32. The Hall–Kier alpha value is -2.40. The van der Waals surface area contributed by atoms with Crippen molar-refractivity contribution in [3.63, 3.8) is 0 Å². The zero-order valence-electron chi connectivity index (χ0n) is 14.6. The summed E-state index contributed by atoms with van der Waals surface area (Å²) in [6.07, 6.45) is 1.95. The summed E-state index contributed by atoms with van der Waals surface area (Å²) in [6.45, 7) is 8.70. The molecule has 0 amide bonds. The summed E-state index contributed by atoms with van der Waals surface area (Å²) in [4.78, 5) is 8.91. The standard InChI is InChI=1S/C19H23N5/c1-14-15(2)21-18-17(16-7-5-4-6-8-16)13-20-24(18)19(14)23-11-9-22(3)10-12-23/h4-8,13H,9-12H2,1-3H3/p+1. The molecule has 5 heteroatoms. The van der Waals surface area contributed by atoms with Gasteiger partial charge in [0, 0.05) is 16.8 Å². The summed E-state index contributed by atoms with van der Waals surface area (Å²) >= 11 is 0. The lowest BCUT2D eigenvalue weighted by Crippen LogP contribution is -3.12. The molecule has 3 heterocycles. The molecule has 0 spiro atoms. The van der Waals surface area contributed by atoms with Crippen LogP contribution in [0.1, 0.15) is 11.3 Å². The van der Waals surface area contributed by atoms with E-state index in [9.17, 15) is 0 Å². The Morgan fingerprint density at radius 3 is 2.46 bits per heavy atom. The maximum atomic E-state index is 4.85. The van der Waals surface area contributed by atoms with Crippen LogP contribution in [0.15, 0.2) is 36.5 Å². The number of aryl methyl sites for hydroxylation is 1. The molecule has 0 aliphatic carbocycles. The van der Waals surface area contributed by atoms with Crippen molar-refractivity contribution in [2.45, 2.75) is 13.8 Å². The Morgan fingerprint density at radius 2 is 1.75 bits per heavy atom. The Balaban J connectivity index is 1.88. The van der Waals surface area contributed by atoms with Gasteiger partial charge in [0.1, 0.15) is 5.82 Å². The number of rotatable bonds is 2. The van der Waals surface area contributed by atoms with Crippen LogP contribution in [0.25, 0.3) is 16.8 Å². The molecule has 1 saturated heterocycles. The van der Waals surface area contributed by atoms with Gasteiger partial charge in [-0.3, -0.25) is 0 Å². The fraction of sp³-hybridized carbons (Fsp3) is 0.368. The van der Waals surface area contributed by atoms with Gasteiger partial charge in [-0.05, 0) is 19.4 Å². The molecular formula is C19H24N5+. The van der Waals surface area contributed by atoms with Gasteiger partial charge in [-0.2, -0.15) is 9.61 Å². The number of hydrogen-bond acceptors (Lipinski definition) is 3. The molecular weight excluding hydrogens is 298 g/mol. The van der Waals surface area contributed by atoms with Gasteiger partial charge in [-0.1, -0.05) is 30.3 Å². The van der Waals surface area contributed by atoms with Gasteiger partial charge in [-0.25, -0.2) is 4.98 Å². The number of piperazine rings is 1. The predicted molar refractivity (Wildman–Crippen MR) is 96.7 cm³/mol. The molecule has 124 valence electrons. The minimum atomic E-state index is 0.950. The van der Waals surface area contributed by atoms with Crippen molar-refractivity contribution in [2.75, 3.05) is 38.1 Å². The fourth-order valence-corrected chi connectivity index (χ4v) is 3.46. The van der Waals surface area contributed by atoms with Crippen LogP contribution in [0, 0.1) is 13.8 Å². The Bertz CT molecular complexity index is 860. The second-order valence-electron chi connectivity index (χ2n) is 6.75. The number of benzene rings is 1. The molecule has 1 aliphatic heterocycles. The predicted octanol–water partition coefficient (Wildman–Crippen LogP) is 1.35. The van der Waals surface area contributed by atoms with E-state index >= 15 is 0 Å². The molecule has 1 fully saturated rings. The van der Waals surface area contributed by atoms with Gasteiger partial charge >= 0.3 is 0 Å². The number of hydrogen-bond donors (Lipinski definition) is 1. The number of likely N-dealkylation sites (N-methyl/N-ethyl adjacent to an activating group) is 1. The highest BCUT2D eigenvalue weighted by atomic mass is 15.4. The molecule has 5 nitrogen and oxygen atoms in total. The molecule has 1 aromatic carbocycles. The first-order chi connectivity index (χ1) is 11.6. The lowest BCUT2D eigenvalue weighted by molar-refractivity contribution is -0.880. The van der Waals surface area contributed by atoms with E-state index in [2.05, 4.69) is 50.1 Å². The summed E-state index contributed by atoms with van der Waals surface area (Å²) in [7, 11) is 2.26. The molecule has 3 aromatic rings. The Labute approximate surface area is 142 Å². The third-order valence-electron chi connectivity index (χ3n) is 5.10. The number of aromatic nitrogens is 3. The molecule has 0 bridgehead atoms. The SMILES string of the molecule is Cc1nc2c(-c3ccccc3)cnn2c(N2CC[NH+](C)CC2)c1C. The average molecular weight is 322 g/mol. The van der Waals surface area contributed by atoms with E-state index in [0.717, 1.165) is 48.6 Å². The zero-order chi connectivity index (χ0) is 16.7. The van der Waals surface area contributed by atoms with Crippen molar-refractivity contribution < 1.29 is 4.90 Å². The normalized spacial score (nSPS) is 16.0. The van der Waals surface area contributed by atoms with Crippen LogP contribution in [-0.2, 0) is 0 Å². The van der Waals surface area contributed by atoms with Gasteiger partial charge in [-0.15, -0.1) is 0 Å². The molecule has 4 rings (SSSR count). The third kappa shape index (κ3) is 2.45. The van der Waals surface area contributed by atoms with Gasteiger partial charge in [0.15, 0.2) is 5.65 Å². The first kappa shape index (κ1) is 15.1. The maximum absolute atomic E-state index is 4.85. The zero-order valence-corrected chi connectivity index (χ0v) is 14.6. The minimum absolute atomic E-state index is 0.950. The number of nitrogens with zero attached hydrogens (tertiary/aromatic N) is 4. The van der Waals surface area contributed by atoms with Crippen molar-refractivity contribution in [2.24, 2.45) is 0 Å². The fourth-order valence-electron chi connectivity index (χ4n) is 3.46. The topological polar surface area (TPSA) is 37.9 Å². The quantitative estimate of drug-likeness (QED) is 0.774. The molecule has 0 atom stereocenters. The van der Waals surface area contributed by atoms with Gasteiger partial charge in [0.2, 0.25) is 0 Å². The molecule has 0 saturated carbocycles. The molecule has 2 aromatic heterocycles. The maximum Gasteiger partial charge on any atom is 0.165 e. The van der Waals surface area contributed by atoms with E-state index < -0.39 is 0 Å². The highest BCUT2D eigenvalue weighted by Crippen LogP contribution is 2.29. The van der Waals surface area contributed by atoms with E-state index in [-0.39, 0.29) is 0 Å². The largest absolute Gasteiger partial charge is 0.345 e. The van der Waals surface area contributed by atoms with E-state index in [4.69, 9.17) is 10.1 Å². The van der Waals surface area contributed by atoms with E-state index in [1.54, 1.807) is 4.90 Å². The van der Waals surface area contributed by atoms with Crippen LogP contribution in [-0.4, -0.2) is 47.8 Å². The molecule has 1 N–H and O–H groups in total. The first-order valence-electron chi connectivity index (χ1n) is 8.62. The molecule has 24 heavy (non-hydrogen) atoms. The Morgan fingerprint density at radius 1 is 1.04 bits per heavy atom. The number of anilines is 1. The summed E-state index contributed by atoms with van der Waals surface area (Å²) in [6, 6.07) is 10.4. The smallest absolute Gasteiger partial charge is 0.165 e. The van der Waals surface area contributed by atoms with Gasteiger partial charge in [0.05, 0.1) is 39.4 Å². The second-order valence-corrected chi connectivity index (χ2v) is 6.75. The van der Waals surface area contributed by atoms with Crippen molar-refractivity contribution >= 4 is 11.5 Å². The van der Waals surface area contributed by atoms with Crippen molar-refractivity contribution in [3.8, 4) is 11.1 Å². The molecule has 0 unspecified atom stereocenters. The lowest BCUT2D eigenvalue weighted by atomic mass is 10.1. The summed E-state index contributed by atoms with van der Waals surface area (Å²) in [5.74, 6) is 1.20. The number of fused-ring (bicyclic) bond motifs is 1. The number of nitrogens with one attached hydrogen (secondary N) is 1. The average Bonchev–Trinajstić information content (AvgIpc) is 3.01. The van der Waals surface area contributed by atoms with Crippen LogP contribution in [0.3, 0.4) is 0 Å². The monoisotopic (exact) mass is 322 g/mol. The number of quaternary nitrogens is 1. The van der Waals surface area contributed by atoms with Crippen LogP contribution in [0.5, 0.6) is 0 Å². The Kier molecular flexibility index (Phi) is 3.73.